The van der Waals surface area contributed by atoms with Crippen molar-refractivity contribution in [2.75, 3.05) is 9.88 Å². The molecule has 0 bridgehead atoms. The predicted molar refractivity (Wildman–Crippen MR) is 128 cm³/mol. The van der Waals surface area contributed by atoms with Crippen LogP contribution in [-0.2, 0) is 0 Å². The molecule has 1 heterocycles. The highest BCUT2D eigenvalue weighted by Gasteiger charge is 2.53. The van der Waals surface area contributed by atoms with Gasteiger partial charge in [0.15, 0.2) is 8.24 Å². The van der Waals surface area contributed by atoms with Crippen LogP contribution >= 0.6 is 0 Å². The van der Waals surface area contributed by atoms with E-state index in [1.165, 1.54) is 42.0 Å². The molecule has 4 atom stereocenters. The molecule has 0 spiro atoms. The number of anilines is 4. The first-order valence-corrected chi connectivity index (χ1v) is 14.2. The molecule has 1 fully saturated rings. The van der Waals surface area contributed by atoms with Crippen LogP contribution in [0.3, 0.4) is 0 Å². The van der Waals surface area contributed by atoms with E-state index in [1.54, 1.807) is 0 Å². The summed E-state index contributed by atoms with van der Waals surface area (Å²) >= 11 is 0. The second-order valence-corrected chi connectivity index (χ2v) is 13.9. The SMILES string of the molecule is CCC[C@@H]1C[C@@H]2C=CC=C[C@@H]2C1[Si](C)(C)N1c2ccccc2Nc2ccccc21. The quantitative estimate of drug-likeness (QED) is 0.531. The Labute approximate surface area is 176 Å². The van der Waals surface area contributed by atoms with Gasteiger partial charge in [0.05, 0.1) is 22.7 Å². The first-order chi connectivity index (χ1) is 14.1. The Morgan fingerprint density at radius 1 is 0.931 bits per heavy atom. The van der Waals surface area contributed by atoms with Gasteiger partial charge in [0.2, 0.25) is 0 Å². The second kappa shape index (κ2) is 7.21. The van der Waals surface area contributed by atoms with Crippen molar-refractivity contribution in [2.24, 2.45) is 17.8 Å². The molecule has 3 heteroatoms. The number of rotatable bonds is 4. The molecule has 0 amide bonds. The van der Waals surface area contributed by atoms with Crippen LogP contribution in [0.5, 0.6) is 0 Å². The molecular formula is C26H32N2Si. The summed E-state index contributed by atoms with van der Waals surface area (Å²) in [6, 6.07) is 17.8. The van der Waals surface area contributed by atoms with E-state index < -0.39 is 8.24 Å². The summed E-state index contributed by atoms with van der Waals surface area (Å²) in [5.41, 5.74) is 5.96. The van der Waals surface area contributed by atoms with Gasteiger partial charge in [0.1, 0.15) is 0 Å². The number of allylic oxidation sites excluding steroid dienone is 4. The molecule has 1 N–H and O–H groups in total. The highest BCUT2D eigenvalue weighted by molar-refractivity contribution is 6.84. The van der Waals surface area contributed by atoms with E-state index >= 15 is 0 Å². The molecule has 0 saturated heterocycles. The molecule has 2 aliphatic carbocycles. The van der Waals surface area contributed by atoms with Gasteiger partial charge in [-0.3, -0.25) is 0 Å². The third kappa shape index (κ3) is 2.98. The second-order valence-electron chi connectivity index (χ2n) is 9.47. The van der Waals surface area contributed by atoms with E-state index in [4.69, 9.17) is 0 Å². The standard InChI is InChI=1S/C26H32N2Si/c1-4-11-20-18-19-12-5-6-13-21(19)26(20)29(2,3)28-24-16-9-7-14-22(24)27-23-15-8-10-17-25(23)28/h5-10,12-17,19-21,26-27H,4,11,18H2,1-3H3/t19-,20+,21-,26?/m0/s1. The van der Waals surface area contributed by atoms with Crippen molar-refractivity contribution < 1.29 is 0 Å². The zero-order chi connectivity index (χ0) is 20.0. The smallest absolute Gasteiger partial charge is 0.160 e. The maximum atomic E-state index is 3.68. The Balaban J connectivity index is 1.64. The molecule has 1 aliphatic heterocycles. The molecule has 3 aliphatic rings. The lowest BCUT2D eigenvalue weighted by Gasteiger charge is -2.49. The fraction of sp³-hybridized carbons (Fsp3) is 0.385. The van der Waals surface area contributed by atoms with E-state index in [0.717, 1.165) is 17.4 Å². The molecule has 2 aromatic rings. The normalized spacial score (nSPS) is 27.2. The van der Waals surface area contributed by atoms with Gasteiger partial charge >= 0.3 is 0 Å². The zero-order valence-electron chi connectivity index (χ0n) is 17.8. The Hall–Kier alpha value is -2.26. The largest absolute Gasteiger partial charge is 0.366 e. The summed E-state index contributed by atoms with van der Waals surface area (Å²) in [6.07, 6.45) is 13.6. The van der Waals surface area contributed by atoms with E-state index in [0.29, 0.717) is 5.92 Å². The van der Waals surface area contributed by atoms with Gasteiger partial charge < -0.3 is 9.88 Å². The Bertz CT molecular complexity index is 915. The molecule has 2 nitrogen and oxygen atoms in total. The third-order valence-corrected chi connectivity index (χ3v) is 11.5. The summed E-state index contributed by atoms with van der Waals surface area (Å²) in [4.78, 5) is 0. The lowest BCUT2D eigenvalue weighted by Crippen LogP contribution is -2.53. The Kier molecular flexibility index (Phi) is 4.66. The highest BCUT2D eigenvalue weighted by Crippen LogP contribution is 2.58. The lowest BCUT2D eigenvalue weighted by atomic mass is 9.92. The minimum absolute atomic E-state index is 0.687. The molecule has 29 heavy (non-hydrogen) atoms. The molecule has 2 aromatic carbocycles. The number of hydrogen-bond donors (Lipinski definition) is 1. The zero-order valence-corrected chi connectivity index (χ0v) is 18.8. The van der Waals surface area contributed by atoms with Gasteiger partial charge in [-0.2, -0.15) is 0 Å². The van der Waals surface area contributed by atoms with Crippen molar-refractivity contribution in [1.29, 1.82) is 0 Å². The van der Waals surface area contributed by atoms with Crippen molar-refractivity contribution in [3.63, 3.8) is 0 Å². The first kappa shape index (κ1) is 18.7. The van der Waals surface area contributed by atoms with Crippen molar-refractivity contribution in [1.82, 2.24) is 0 Å². The first-order valence-electron chi connectivity index (χ1n) is 11.2. The molecule has 1 unspecified atom stereocenters. The number of nitrogens with one attached hydrogen (secondary N) is 1. The van der Waals surface area contributed by atoms with Gasteiger partial charge in [-0.1, -0.05) is 81.4 Å². The van der Waals surface area contributed by atoms with Crippen molar-refractivity contribution in [3.8, 4) is 0 Å². The summed E-state index contributed by atoms with van der Waals surface area (Å²) in [5.74, 6) is 2.23. The van der Waals surface area contributed by atoms with E-state index in [2.05, 4.69) is 103 Å². The molecule has 1 saturated carbocycles. The van der Waals surface area contributed by atoms with Crippen LogP contribution in [0.15, 0.2) is 72.8 Å². The van der Waals surface area contributed by atoms with E-state index in [1.807, 2.05) is 0 Å². The minimum Gasteiger partial charge on any atom is -0.366 e. The summed E-state index contributed by atoms with van der Waals surface area (Å²) in [6.45, 7) is 7.59. The van der Waals surface area contributed by atoms with Crippen LogP contribution < -0.4 is 9.88 Å². The number of benzene rings is 2. The van der Waals surface area contributed by atoms with E-state index in [-0.39, 0.29) is 0 Å². The number of fused-ring (bicyclic) bond motifs is 3. The van der Waals surface area contributed by atoms with Gasteiger partial charge in [-0.05, 0) is 54.0 Å². The van der Waals surface area contributed by atoms with Crippen LogP contribution in [0.25, 0.3) is 0 Å². The monoisotopic (exact) mass is 400 g/mol. The van der Waals surface area contributed by atoms with Gasteiger partial charge in [0.25, 0.3) is 0 Å². The average molecular weight is 401 g/mol. The maximum Gasteiger partial charge on any atom is 0.160 e. The number of hydrogen-bond acceptors (Lipinski definition) is 2. The molecule has 0 aromatic heterocycles. The van der Waals surface area contributed by atoms with E-state index in [9.17, 15) is 0 Å². The Morgan fingerprint density at radius 2 is 1.55 bits per heavy atom. The van der Waals surface area contributed by atoms with Crippen molar-refractivity contribution in [2.45, 2.75) is 44.8 Å². The Morgan fingerprint density at radius 3 is 2.21 bits per heavy atom. The molecular weight excluding hydrogens is 368 g/mol. The van der Waals surface area contributed by atoms with Crippen LogP contribution in [0.4, 0.5) is 22.7 Å². The molecule has 5 rings (SSSR count). The van der Waals surface area contributed by atoms with Gasteiger partial charge in [0, 0.05) is 0 Å². The van der Waals surface area contributed by atoms with Crippen LogP contribution in [0.1, 0.15) is 26.2 Å². The van der Waals surface area contributed by atoms with Crippen molar-refractivity contribution >= 4 is 31.0 Å². The van der Waals surface area contributed by atoms with Crippen LogP contribution in [-0.4, -0.2) is 8.24 Å². The third-order valence-electron chi connectivity index (χ3n) is 7.41. The summed E-state index contributed by atoms with van der Waals surface area (Å²) in [5, 5.41) is 3.68. The highest BCUT2D eigenvalue weighted by atomic mass is 28.3. The molecule has 150 valence electrons. The van der Waals surface area contributed by atoms with Crippen LogP contribution in [0, 0.1) is 17.8 Å². The fourth-order valence-corrected chi connectivity index (χ4v) is 11.1. The maximum absolute atomic E-state index is 3.68. The number of para-hydroxylation sites is 4. The van der Waals surface area contributed by atoms with Gasteiger partial charge in [-0.25, -0.2) is 0 Å². The predicted octanol–water partition coefficient (Wildman–Crippen LogP) is 7.64. The minimum atomic E-state index is -1.87. The van der Waals surface area contributed by atoms with Crippen LogP contribution in [0.2, 0.25) is 18.6 Å². The molecule has 0 radical (unpaired) electrons. The summed E-state index contributed by atoms with van der Waals surface area (Å²) in [7, 11) is -1.87. The van der Waals surface area contributed by atoms with Crippen molar-refractivity contribution in [3.05, 3.63) is 72.8 Å². The number of nitrogens with zero attached hydrogens (tertiary/aromatic N) is 1. The topological polar surface area (TPSA) is 15.3 Å². The average Bonchev–Trinajstić information content (AvgIpc) is 3.11. The fourth-order valence-electron chi connectivity index (χ4n) is 6.41. The lowest BCUT2D eigenvalue weighted by molar-refractivity contribution is 0.471. The summed E-state index contributed by atoms with van der Waals surface area (Å²) < 4.78 is 2.77. The van der Waals surface area contributed by atoms with Gasteiger partial charge in [-0.15, -0.1) is 0 Å².